The zero-order chi connectivity index (χ0) is 12.0. The van der Waals surface area contributed by atoms with E-state index in [9.17, 15) is 4.79 Å². The largest absolute Gasteiger partial charge is 0.337 e. The molecule has 1 aromatic heterocycles. The lowest BCUT2D eigenvalue weighted by molar-refractivity contribution is 0.217. The maximum atomic E-state index is 11.2. The van der Waals surface area contributed by atoms with Crippen LogP contribution in [0, 0.1) is 0 Å². The summed E-state index contributed by atoms with van der Waals surface area (Å²) in [5, 5.41) is 12.8. The molecule has 2 amide bonds. The lowest BCUT2D eigenvalue weighted by atomic mass is 10.2. The van der Waals surface area contributed by atoms with Gasteiger partial charge >= 0.3 is 6.03 Å². The number of aromatic nitrogens is 2. The normalized spacial score (nSPS) is 12.2. The van der Waals surface area contributed by atoms with Crippen LogP contribution in [0.5, 0.6) is 0 Å². The second-order valence-electron chi connectivity index (χ2n) is 3.81. The summed E-state index contributed by atoms with van der Waals surface area (Å²) in [5.41, 5.74) is 1.04. The van der Waals surface area contributed by atoms with E-state index in [1.165, 1.54) is 4.90 Å². The van der Waals surface area contributed by atoms with Gasteiger partial charge in [-0.3, -0.25) is 5.10 Å². The summed E-state index contributed by atoms with van der Waals surface area (Å²) in [6, 6.07) is 2.06. The first-order valence-electron chi connectivity index (χ1n) is 5.29. The number of nitrogens with zero attached hydrogens (tertiary/aromatic N) is 2. The van der Waals surface area contributed by atoms with Crippen LogP contribution in [0.4, 0.5) is 4.79 Å². The van der Waals surface area contributed by atoms with Crippen molar-refractivity contribution in [3.63, 3.8) is 0 Å². The standard InChI is InChI=1S/C10H19N5O/c1-8(9-4-5-13-14-9)11-6-7-12-10(16)15(2)3/h4-5,8,11H,6-7H2,1-3H3,(H,12,16)(H,13,14). The van der Waals surface area contributed by atoms with Crippen LogP contribution in [-0.2, 0) is 0 Å². The second kappa shape index (κ2) is 6.12. The van der Waals surface area contributed by atoms with Gasteiger partial charge in [-0.15, -0.1) is 0 Å². The molecule has 0 aliphatic heterocycles. The van der Waals surface area contributed by atoms with E-state index in [0.717, 1.165) is 12.2 Å². The number of amides is 2. The molecule has 0 fully saturated rings. The van der Waals surface area contributed by atoms with Crippen molar-refractivity contribution in [1.29, 1.82) is 0 Å². The minimum Gasteiger partial charge on any atom is -0.337 e. The zero-order valence-electron chi connectivity index (χ0n) is 9.95. The quantitative estimate of drug-likeness (QED) is 0.632. The Hall–Kier alpha value is -1.56. The number of carbonyl (C=O) groups is 1. The van der Waals surface area contributed by atoms with Crippen molar-refractivity contribution in [3.8, 4) is 0 Å². The van der Waals surface area contributed by atoms with Gasteiger partial charge in [-0.05, 0) is 13.0 Å². The molecule has 0 aliphatic rings. The number of nitrogens with one attached hydrogen (secondary N) is 3. The number of hydrogen-bond acceptors (Lipinski definition) is 3. The van der Waals surface area contributed by atoms with Crippen molar-refractivity contribution in [2.45, 2.75) is 13.0 Å². The van der Waals surface area contributed by atoms with Crippen LogP contribution < -0.4 is 10.6 Å². The summed E-state index contributed by atoms with van der Waals surface area (Å²) in [5.74, 6) is 0. The van der Waals surface area contributed by atoms with Crippen LogP contribution in [-0.4, -0.2) is 48.3 Å². The van der Waals surface area contributed by atoms with E-state index >= 15 is 0 Å². The van der Waals surface area contributed by atoms with Crippen molar-refractivity contribution in [3.05, 3.63) is 18.0 Å². The maximum absolute atomic E-state index is 11.2. The van der Waals surface area contributed by atoms with Crippen molar-refractivity contribution in [1.82, 2.24) is 25.7 Å². The highest BCUT2D eigenvalue weighted by Crippen LogP contribution is 2.05. The predicted octanol–water partition coefficient (Wildman–Crippen LogP) is 0.331. The highest BCUT2D eigenvalue weighted by Gasteiger charge is 2.05. The average molecular weight is 225 g/mol. The van der Waals surface area contributed by atoms with Gasteiger partial charge in [-0.2, -0.15) is 5.10 Å². The smallest absolute Gasteiger partial charge is 0.316 e. The van der Waals surface area contributed by atoms with Gasteiger partial charge in [-0.25, -0.2) is 4.79 Å². The molecule has 0 radical (unpaired) electrons. The number of H-pyrrole nitrogens is 1. The summed E-state index contributed by atoms with van der Waals surface area (Å²) in [6.07, 6.45) is 1.72. The number of urea groups is 1. The van der Waals surface area contributed by atoms with Crippen LogP contribution in [0.3, 0.4) is 0 Å². The molecule has 0 aromatic carbocycles. The fraction of sp³-hybridized carbons (Fsp3) is 0.600. The molecule has 0 saturated carbocycles. The molecule has 0 saturated heterocycles. The summed E-state index contributed by atoms with van der Waals surface area (Å²) >= 11 is 0. The fourth-order valence-corrected chi connectivity index (χ4v) is 1.23. The third-order valence-corrected chi connectivity index (χ3v) is 2.25. The van der Waals surface area contributed by atoms with E-state index in [1.54, 1.807) is 20.3 Å². The van der Waals surface area contributed by atoms with E-state index in [2.05, 4.69) is 20.8 Å². The van der Waals surface area contributed by atoms with Crippen LogP contribution >= 0.6 is 0 Å². The molecule has 1 unspecified atom stereocenters. The predicted molar refractivity (Wildman–Crippen MR) is 62.1 cm³/mol. The van der Waals surface area contributed by atoms with Gasteiger partial charge in [0.1, 0.15) is 0 Å². The summed E-state index contributed by atoms with van der Waals surface area (Å²) in [6.45, 7) is 3.37. The molecule has 1 atom stereocenters. The second-order valence-corrected chi connectivity index (χ2v) is 3.81. The Kier molecular flexibility index (Phi) is 4.78. The molecule has 1 rings (SSSR count). The van der Waals surface area contributed by atoms with E-state index < -0.39 is 0 Å². The third kappa shape index (κ3) is 3.90. The molecule has 6 heteroatoms. The summed E-state index contributed by atoms with van der Waals surface area (Å²) < 4.78 is 0. The molecule has 0 spiro atoms. The summed E-state index contributed by atoms with van der Waals surface area (Å²) in [4.78, 5) is 12.7. The van der Waals surface area contributed by atoms with Crippen molar-refractivity contribution in [2.75, 3.05) is 27.2 Å². The SMILES string of the molecule is CC(NCCNC(=O)N(C)C)c1ccn[nH]1. The molecule has 1 heterocycles. The van der Waals surface area contributed by atoms with Gasteiger partial charge in [0, 0.05) is 39.4 Å². The molecular formula is C10H19N5O. The van der Waals surface area contributed by atoms with E-state index in [0.29, 0.717) is 6.54 Å². The van der Waals surface area contributed by atoms with Crippen LogP contribution in [0.2, 0.25) is 0 Å². The van der Waals surface area contributed by atoms with E-state index in [4.69, 9.17) is 0 Å². The van der Waals surface area contributed by atoms with Gasteiger partial charge in [0.05, 0.1) is 5.69 Å². The minimum atomic E-state index is -0.0732. The Morgan fingerprint density at radius 1 is 1.56 bits per heavy atom. The van der Waals surface area contributed by atoms with Crippen LogP contribution in [0.25, 0.3) is 0 Å². The Morgan fingerprint density at radius 3 is 2.88 bits per heavy atom. The van der Waals surface area contributed by atoms with Gasteiger partial charge < -0.3 is 15.5 Å². The Morgan fingerprint density at radius 2 is 2.31 bits per heavy atom. The maximum Gasteiger partial charge on any atom is 0.316 e. The monoisotopic (exact) mass is 225 g/mol. The molecule has 0 aliphatic carbocycles. The highest BCUT2D eigenvalue weighted by molar-refractivity contribution is 5.73. The van der Waals surface area contributed by atoms with Gasteiger partial charge in [0.25, 0.3) is 0 Å². The highest BCUT2D eigenvalue weighted by atomic mass is 16.2. The van der Waals surface area contributed by atoms with Crippen molar-refractivity contribution < 1.29 is 4.79 Å². The number of hydrogen-bond donors (Lipinski definition) is 3. The Balaban J connectivity index is 2.14. The number of aromatic amines is 1. The van der Waals surface area contributed by atoms with Crippen LogP contribution in [0.1, 0.15) is 18.7 Å². The third-order valence-electron chi connectivity index (χ3n) is 2.25. The molecule has 16 heavy (non-hydrogen) atoms. The zero-order valence-corrected chi connectivity index (χ0v) is 9.95. The van der Waals surface area contributed by atoms with E-state index in [-0.39, 0.29) is 12.1 Å². The molecular weight excluding hydrogens is 206 g/mol. The van der Waals surface area contributed by atoms with Gasteiger partial charge in [-0.1, -0.05) is 0 Å². The Labute approximate surface area is 95.4 Å². The first kappa shape index (κ1) is 12.5. The van der Waals surface area contributed by atoms with Crippen molar-refractivity contribution in [2.24, 2.45) is 0 Å². The minimum absolute atomic E-state index is 0.0732. The molecule has 3 N–H and O–H groups in total. The average Bonchev–Trinajstić information content (AvgIpc) is 2.76. The lowest BCUT2D eigenvalue weighted by Crippen LogP contribution is -2.38. The van der Waals surface area contributed by atoms with Crippen LogP contribution in [0.15, 0.2) is 12.3 Å². The molecule has 90 valence electrons. The number of carbonyl (C=O) groups excluding carboxylic acids is 1. The molecule has 0 bridgehead atoms. The fourth-order valence-electron chi connectivity index (χ4n) is 1.23. The van der Waals surface area contributed by atoms with Gasteiger partial charge in [0.15, 0.2) is 0 Å². The van der Waals surface area contributed by atoms with E-state index in [1.807, 2.05) is 13.0 Å². The van der Waals surface area contributed by atoms with Crippen molar-refractivity contribution >= 4 is 6.03 Å². The molecule has 6 nitrogen and oxygen atoms in total. The lowest BCUT2D eigenvalue weighted by Gasteiger charge is -2.14. The molecule has 1 aromatic rings. The first-order valence-corrected chi connectivity index (χ1v) is 5.29. The topological polar surface area (TPSA) is 73.0 Å². The Bertz CT molecular complexity index is 309. The summed E-state index contributed by atoms with van der Waals surface area (Å²) in [7, 11) is 3.44. The van der Waals surface area contributed by atoms with Gasteiger partial charge in [0.2, 0.25) is 0 Å². The first-order chi connectivity index (χ1) is 7.61. The number of rotatable bonds is 5.